The van der Waals surface area contributed by atoms with Gasteiger partial charge in [0, 0.05) is 41.5 Å². The highest BCUT2D eigenvalue weighted by molar-refractivity contribution is 5.97. The fourth-order valence-corrected chi connectivity index (χ4v) is 5.11. The third-order valence-electron chi connectivity index (χ3n) is 6.77. The molecule has 35 heavy (non-hydrogen) atoms. The number of benzene rings is 4. The van der Waals surface area contributed by atoms with E-state index in [1.54, 1.807) is 0 Å². The van der Waals surface area contributed by atoms with Gasteiger partial charge >= 0.3 is 5.97 Å². The standard InChI is InChI=1S/C30H25NO4/c1-3-31(4-2)20-14-17-27-26(18-20)30(24-13-9-8-12-23(24)29(32)35-30)25-16-15-22(19-28(25)34-27)33-21-10-6-5-7-11-21/h5-19H,3-4H2,1-2H3. The van der Waals surface area contributed by atoms with Crippen LogP contribution in [0.3, 0.4) is 0 Å². The summed E-state index contributed by atoms with van der Waals surface area (Å²) in [5.41, 5.74) is 2.97. The van der Waals surface area contributed by atoms with E-state index >= 15 is 0 Å². The quantitative estimate of drug-likeness (QED) is 0.302. The molecule has 0 radical (unpaired) electrons. The highest BCUT2D eigenvalue weighted by Crippen LogP contribution is 2.57. The van der Waals surface area contributed by atoms with E-state index in [1.165, 1.54) is 0 Å². The Morgan fingerprint density at radius 3 is 2.31 bits per heavy atom. The summed E-state index contributed by atoms with van der Waals surface area (Å²) >= 11 is 0. The van der Waals surface area contributed by atoms with Crippen LogP contribution in [0.4, 0.5) is 5.69 Å². The average Bonchev–Trinajstić information content (AvgIpc) is 3.19. The van der Waals surface area contributed by atoms with Crippen molar-refractivity contribution in [2.75, 3.05) is 18.0 Å². The second-order valence-electron chi connectivity index (χ2n) is 8.64. The van der Waals surface area contributed by atoms with Crippen LogP contribution in [0.2, 0.25) is 0 Å². The van der Waals surface area contributed by atoms with Crippen molar-refractivity contribution in [1.29, 1.82) is 0 Å². The van der Waals surface area contributed by atoms with Crippen LogP contribution in [0.1, 0.15) is 40.9 Å². The van der Waals surface area contributed by atoms with Crippen molar-refractivity contribution < 1.29 is 19.0 Å². The summed E-state index contributed by atoms with van der Waals surface area (Å²) in [4.78, 5) is 15.4. The maximum absolute atomic E-state index is 13.1. The largest absolute Gasteiger partial charge is 0.457 e. The van der Waals surface area contributed by atoms with E-state index in [-0.39, 0.29) is 5.97 Å². The van der Waals surface area contributed by atoms with Gasteiger partial charge in [-0.05, 0) is 62.4 Å². The van der Waals surface area contributed by atoms with Crippen molar-refractivity contribution in [2.45, 2.75) is 19.4 Å². The Kier molecular flexibility index (Phi) is 4.99. The minimum Gasteiger partial charge on any atom is -0.457 e. The molecule has 0 bridgehead atoms. The number of ether oxygens (including phenoxy) is 3. The Hall–Kier alpha value is -4.25. The Bertz CT molecular complexity index is 1430. The van der Waals surface area contributed by atoms with Crippen molar-refractivity contribution in [3.63, 3.8) is 0 Å². The highest BCUT2D eigenvalue weighted by Gasteiger charge is 2.53. The van der Waals surface area contributed by atoms with Crippen LogP contribution in [0, 0.1) is 0 Å². The lowest BCUT2D eigenvalue weighted by molar-refractivity contribution is 0.0224. The molecule has 5 heteroatoms. The normalized spacial score (nSPS) is 17.1. The number of carbonyl (C=O) groups is 1. The molecule has 4 aromatic rings. The number of anilines is 1. The van der Waals surface area contributed by atoms with Crippen molar-refractivity contribution >= 4 is 11.7 Å². The SMILES string of the molecule is CCN(CC)c1ccc2c(c1)C1(OC(=O)c3ccccc31)c1ccc(Oc3ccccc3)cc1O2. The second kappa shape index (κ2) is 8.20. The number of rotatable bonds is 5. The van der Waals surface area contributed by atoms with Gasteiger partial charge in [0.1, 0.15) is 23.0 Å². The predicted molar refractivity (Wildman–Crippen MR) is 135 cm³/mol. The first-order chi connectivity index (χ1) is 17.1. The zero-order valence-electron chi connectivity index (χ0n) is 19.7. The summed E-state index contributed by atoms with van der Waals surface area (Å²) < 4.78 is 18.8. The first-order valence-electron chi connectivity index (χ1n) is 11.9. The Morgan fingerprint density at radius 2 is 1.51 bits per heavy atom. The lowest BCUT2D eigenvalue weighted by Crippen LogP contribution is -2.33. The minimum absolute atomic E-state index is 0.336. The summed E-state index contributed by atoms with van der Waals surface area (Å²) in [6.07, 6.45) is 0. The summed E-state index contributed by atoms with van der Waals surface area (Å²) in [5.74, 6) is 2.31. The molecule has 1 atom stereocenters. The molecule has 0 N–H and O–H groups in total. The van der Waals surface area contributed by atoms with Crippen LogP contribution in [-0.4, -0.2) is 19.1 Å². The van der Waals surface area contributed by atoms with Crippen molar-refractivity contribution in [3.05, 3.63) is 113 Å². The van der Waals surface area contributed by atoms with Crippen LogP contribution in [0.5, 0.6) is 23.0 Å². The number of hydrogen-bond donors (Lipinski definition) is 0. The van der Waals surface area contributed by atoms with E-state index in [2.05, 4.69) is 30.9 Å². The molecule has 0 aromatic heterocycles. The van der Waals surface area contributed by atoms with Crippen molar-refractivity contribution in [2.24, 2.45) is 0 Å². The van der Waals surface area contributed by atoms with E-state index < -0.39 is 5.60 Å². The smallest absolute Gasteiger partial charge is 0.340 e. The molecule has 0 saturated heterocycles. The highest BCUT2D eigenvalue weighted by atomic mass is 16.6. The lowest BCUT2D eigenvalue weighted by Gasteiger charge is -2.37. The van der Waals surface area contributed by atoms with Gasteiger partial charge in [0.15, 0.2) is 5.60 Å². The average molecular weight is 464 g/mol. The predicted octanol–water partition coefficient (Wildman–Crippen LogP) is 6.89. The topological polar surface area (TPSA) is 48.0 Å². The second-order valence-corrected chi connectivity index (χ2v) is 8.64. The first kappa shape index (κ1) is 21.3. The van der Waals surface area contributed by atoms with Crippen LogP contribution in [-0.2, 0) is 10.3 Å². The van der Waals surface area contributed by atoms with Crippen LogP contribution >= 0.6 is 0 Å². The van der Waals surface area contributed by atoms with Gasteiger partial charge in [-0.25, -0.2) is 4.79 Å². The number of para-hydroxylation sites is 1. The van der Waals surface area contributed by atoms with Gasteiger partial charge < -0.3 is 19.1 Å². The molecule has 2 aliphatic heterocycles. The van der Waals surface area contributed by atoms with Gasteiger partial charge in [0.25, 0.3) is 0 Å². The van der Waals surface area contributed by atoms with Crippen molar-refractivity contribution in [1.82, 2.24) is 0 Å². The van der Waals surface area contributed by atoms with Gasteiger partial charge in [-0.15, -0.1) is 0 Å². The Morgan fingerprint density at radius 1 is 0.743 bits per heavy atom. The number of carbonyl (C=O) groups excluding carboxylic acids is 1. The van der Waals surface area contributed by atoms with Crippen LogP contribution in [0.15, 0.2) is 91.0 Å². The molecule has 4 aromatic carbocycles. The molecule has 0 saturated carbocycles. The van der Waals surface area contributed by atoms with E-state index in [4.69, 9.17) is 14.2 Å². The van der Waals surface area contributed by atoms with Gasteiger partial charge in [-0.3, -0.25) is 0 Å². The molecule has 5 nitrogen and oxygen atoms in total. The zero-order chi connectivity index (χ0) is 24.0. The summed E-state index contributed by atoms with van der Waals surface area (Å²) in [5, 5.41) is 0. The maximum atomic E-state index is 13.1. The van der Waals surface area contributed by atoms with Crippen LogP contribution < -0.4 is 14.4 Å². The molecule has 0 fully saturated rings. The molecule has 174 valence electrons. The Balaban J connectivity index is 1.55. The Labute approximate surface area is 204 Å². The van der Waals surface area contributed by atoms with Gasteiger partial charge in [-0.1, -0.05) is 36.4 Å². The maximum Gasteiger partial charge on any atom is 0.340 e. The minimum atomic E-state index is -1.09. The number of esters is 1. The summed E-state index contributed by atoms with van der Waals surface area (Å²) in [6, 6.07) is 29.0. The molecular formula is C30H25NO4. The molecule has 1 unspecified atom stereocenters. The molecule has 2 aliphatic rings. The molecule has 2 heterocycles. The molecule has 1 spiro atoms. The van der Waals surface area contributed by atoms with E-state index in [0.29, 0.717) is 22.8 Å². The van der Waals surface area contributed by atoms with Crippen LogP contribution in [0.25, 0.3) is 0 Å². The first-order valence-corrected chi connectivity index (χ1v) is 11.9. The number of hydrogen-bond acceptors (Lipinski definition) is 5. The third kappa shape index (κ3) is 3.27. The van der Waals surface area contributed by atoms with E-state index in [0.717, 1.165) is 41.2 Å². The summed E-state index contributed by atoms with van der Waals surface area (Å²) in [6.45, 7) is 6.00. The molecular weight excluding hydrogens is 438 g/mol. The van der Waals surface area contributed by atoms with Gasteiger partial charge in [0.05, 0.1) is 5.56 Å². The molecule has 0 amide bonds. The number of fused-ring (bicyclic) bond motifs is 6. The van der Waals surface area contributed by atoms with E-state index in [9.17, 15) is 4.79 Å². The lowest BCUT2D eigenvalue weighted by atomic mass is 9.77. The fourth-order valence-electron chi connectivity index (χ4n) is 5.11. The van der Waals surface area contributed by atoms with Gasteiger partial charge in [-0.2, -0.15) is 0 Å². The number of nitrogens with zero attached hydrogens (tertiary/aromatic N) is 1. The third-order valence-corrected chi connectivity index (χ3v) is 6.77. The molecule has 0 aliphatic carbocycles. The monoisotopic (exact) mass is 463 g/mol. The zero-order valence-corrected chi connectivity index (χ0v) is 19.7. The van der Waals surface area contributed by atoms with E-state index in [1.807, 2.05) is 78.9 Å². The van der Waals surface area contributed by atoms with Crippen molar-refractivity contribution in [3.8, 4) is 23.0 Å². The van der Waals surface area contributed by atoms with Gasteiger partial charge in [0.2, 0.25) is 0 Å². The summed E-state index contributed by atoms with van der Waals surface area (Å²) in [7, 11) is 0. The molecule has 6 rings (SSSR count). The fraction of sp³-hybridized carbons (Fsp3) is 0.167.